The standard InChI is InChI=1S/C18H26FN5O7P/c1-9(2)30-17(27)10(3)23-32(28)29-7-18(6-19)15(26)13(25)14(31-18)11-4-5-12-16(20)21-8-22-24(11)12/h4-5,8-10,13-15,25-26H,6-7H2,1-3H3,(H,23,28)(H2,20,21,22)/q+1/t10-,13-,14-,15-,18+/m0/s1. The summed E-state index contributed by atoms with van der Waals surface area (Å²) >= 11 is 0. The number of fused-ring (bicyclic) bond motifs is 1. The summed E-state index contributed by atoms with van der Waals surface area (Å²) in [5.41, 5.74) is 4.55. The zero-order valence-corrected chi connectivity index (χ0v) is 18.6. The summed E-state index contributed by atoms with van der Waals surface area (Å²) in [6, 6.07) is 2.20. The number of rotatable bonds is 9. The van der Waals surface area contributed by atoms with Gasteiger partial charge in [0, 0.05) is 0 Å². The van der Waals surface area contributed by atoms with E-state index >= 15 is 0 Å². The summed E-state index contributed by atoms with van der Waals surface area (Å²) in [5, 5.41) is 27.5. The number of anilines is 1. The van der Waals surface area contributed by atoms with Gasteiger partial charge in [-0.25, -0.2) is 13.9 Å². The molecule has 12 nitrogen and oxygen atoms in total. The lowest BCUT2D eigenvalue weighted by Crippen LogP contribution is -2.48. The predicted molar refractivity (Wildman–Crippen MR) is 109 cm³/mol. The highest BCUT2D eigenvalue weighted by molar-refractivity contribution is 7.36. The molecule has 176 valence electrons. The first-order valence-electron chi connectivity index (χ1n) is 9.84. The van der Waals surface area contributed by atoms with Gasteiger partial charge in [-0.2, -0.15) is 5.10 Å². The number of halogens is 1. The highest BCUT2D eigenvalue weighted by Crippen LogP contribution is 2.42. The van der Waals surface area contributed by atoms with Crippen LogP contribution in [0.15, 0.2) is 18.5 Å². The van der Waals surface area contributed by atoms with Crippen molar-refractivity contribution in [2.24, 2.45) is 0 Å². The van der Waals surface area contributed by atoms with E-state index in [0.29, 0.717) is 11.2 Å². The van der Waals surface area contributed by atoms with Crippen molar-refractivity contribution in [3.8, 4) is 0 Å². The van der Waals surface area contributed by atoms with Gasteiger partial charge in [0.25, 0.3) is 0 Å². The summed E-state index contributed by atoms with van der Waals surface area (Å²) < 4.78 is 43.5. The molecule has 32 heavy (non-hydrogen) atoms. The Morgan fingerprint density at radius 2 is 2.16 bits per heavy atom. The van der Waals surface area contributed by atoms with Crippen molar-refractivity contribution in [2.45, 2.75) is 56.8 Å². The first kappa shape index (κ1) is 24.4. The van der Waals surface area contributed by atoms with Crippen molar-refractivity contribution in [1.82, 2.24) is 19.7 Å². The van der Waals surface area contributed by atoms with Crippen molar-refractivity contribution in [3.63, 3.8) is 0 Å². The van der Waals surface area contributed by atoms with Gasteiger partial charge in [0.15, 0.2) is 11.4 Å². The number of ether oxygens (including phenoxy) is 2. The number of aliphatic hydroxyl groups excluding tert-OH is 2. The first-order chi connectivity index (χ1) is 15.1. The van der Waals surface area contributed by atoms with E-state index in [1.54, 1.807) is 26.0 Å². The molecule has 0 spiro atoms. The molecule has 2 aromatic heterocycles. The van der Waals surface area contributed by atoms with E-state index in [0.717, 1.165) is 0 Å². The Bertz CT molecular complexity index is 992. The van der Waals surface area contributed by atoms with Crippen molar-refractivity contribution in [3.05, 3.63) is 24.2 Å². The first-order valence-corrected chi connectivity index (χ1v) is 11.0. The third-order valence-corrected chi connectivity index (χ3v) is 5.96. The molecule has 2 aromatic rings. The SMILES string of the molecule is CC(C)OC(=O)[C@H](C)N[P+](=O)OC[C@@]1(CF)O[C@@H](c2ccc3c(N)ncnn23)[C@H](O)[C@@H]1O. The van der Waals surface area contributed by atoms with Crippen molar-refractivity contribution >= 4 is 25.5 Å². The molecule has 0 amide bonds. The molecule has 1 saturated heterocycles. The van der Waals surface area contributed by atoms with Gasteiger partial charge < -0.3 is 25.4 Å². The number of nitrogen functional groups attached to an aromatic ring is 1. The average molecular weight is 474 g/mol. The van der Waals surface area contributed by atoms with E-state index in [9.17, 15) is 24.0 Å². The van der Waals surface area contributed by atoms with Gasteiger partial charge in [-0.3, -0.25) is 4.79 Å². The molecule has 3 heterocycles. The number of aromatic nitrogens is 3. The quantitative estimate of drug-likeness (QED) is 0.293. The van der Waals surface area contributed by atoms with Crippen LogP contribution in [0.5, 0.6) is 0 Å². The zero-order chi connectivity index (χ0) is 23.6. The number of carbonyl (C=O) groups is 1. The van der Waals surface area contributed by atoms with Gasteiger partial charge in [-0.05, 0) is 37.5 Å². The lowest BCUT2D eigenvalue weighted by molar-refractivity contribution is -0.149. The molecule has 5 N–H and O–H groups in total. The maximum atomic E-state index is 14.0. The van der Waals surface area contributed by atoms with E-state index in [2.05, 4.69) is 15.2 Å². The Balaban J connectivity index is 1.71. The normalized spacial score (nSPS) is 27.1. The zero-order valence-electron chi connectivity index (χ0n) is 17.7. The number of esters is 1. The van der Waals surface area contributed by atoms with Crippen LogP contribution in [0.1, 0.15) is 32.6 Å². The Hall–Kier alpha value is -2.28. The van der Waals surface area contributed by atoms with Crippen molar-refractivity contribution < 1.29 is 38.0 Å². The largest absolute Gasteiger partial charge is 0.613 e. The van der Waals surface area contributed by atoms with E-state index in [1.165, 1.54) is 17.8 Å². The van der Waals surface area contributed by atoms with Gasteiger partial charge in [0.1, 0.15) is 49.5 Å². The molecule has 1 aliphatic rings. The number of hydrogen-bond donors (Lipinski definition) is 4. The minimum atomic E-state index is -2.64. The topological polar surface area (TPSA) is 171 Å². The molecule has 0 aliphatic carbocycles. The Labute approximate surface area is 183 Å². The summed E-state index contributed by atoms with van der Waals surface area (Å²) in [6.07, 6.45) is -3.56. The highest BCUT2D eigenvalue weighted by Gasteiger charge is 2.57. The van der Waals surface area contributed by atoms with Crippen LogP contribution in [-0.2, 0) is 23.4 Å². The Morgan fingerprint density at radius 1 is 1.44 bits per heavy atom. The van der Waals surface area contributed by atoms with E-state index in [1.807, 2.05) is 0 Å². The van der Waals surface area contributed by atoms with Gasteiger partial charge in [0.2, 0.25) is 0 Å². The van der Waals surface area contributed by atoms with Crippen LogP contribution in [0.3, 0.4) is 0 Å². The molecule has 0 aromatic carbocycles. The number of nitrogens with two attached hydrogens (primary N) is 1. The van der Waals surface area contributed by atoms with Crippen molar-refractivity contribution in [2.75, 3.05) is 19.0 Å². The number of hydrogen-bond acceptors (Lipinski definition) is 10. The Morgan fingerprint density at radius 3 is 2.81 bits per heavy atom. The van der Waals surface area contributed by atoms with Gasteiger partial charge in [-0.15, -0.1) is 4.52 Å². The molecular weight excluding hydrogens is 448 g/mol. The maximum absolute atomic E-state index is 14.0. The fraction of sp³-hybridized carbons (Fsp3) is 0.611. The van der Waals surface area contributed by atoms with Gasteiger partial charge in [0.05, 0.1) is 11.8 Å². The van der Waals surface area contributed by atoms with Crippen LogP contribution in [-0.4, -0.2) is 74.0 Å². The van der Waals surface area contributed by atoms with Crippen LogP contribution >= 0.6 is 8.18 Å². The van der Waals surface area contributed by atoms with Crippen molar-refractivity contribution in [1.29, 1.82) is 0 Å². The van der Waals surface area contributed by atoms with Gasteiger partial charge in [-0.1, -0.05) is 5.09 Å². The second-order valence-corrected chi connectivity index (χ2v) is 8.77. The maximum Gasteiger partial charge on any atom is 0.613 e. The molecule has 6 atom stereocenters. The second kappa shape index (κ2) is 9.69. The van der Waals surface area contributed by atoms with E-state index < -0.39 is 57.4 Å². The van der Waals surface area contributed by atoms with E-state index in [4.69, 9.17) is 19.7 Å². The molecule has 1 fully saturated rings. The average Bonchev–Trinajstić information content (AvgIpc) is 3.27. The molecule has 0 saturated carbocycles. The minimum absolute atomic E-state index is 0.188. The third kappa shape index (κ3) is 4.72. The van der Waals surface area contributed by atoms with Crippen LogP contribution in [0, 0.1) is 0 Å². The number of nitrogens with one attached hydrogen (secondary N) is 1. The second-order valence-electron chi connectivity index (χ2n) is 7.74. The molecule has 1 unspecified atom stereocenters. The molecule has 0 radical (unpaired) electrons. The fourth-order valence-corrected chi connectivity index (χ4v) is 4.14. The lowest BCUT2D eigenvalue weighted by atomic mass is 9.96. The smallest absolute Gasteiger partial charge is 0.462 e. The van der Waals surface area contributed by atoms with Gasteiger partial charge >= 0.3 is 14.1 Å². The number of nitrogens with zero attached hydrogens (tertiary/aromatic N) is 3. The van der Waals surface area contributed by atoms with E-state index in [-0.39, 0.29) is 11.9 Å². The third-order valence-electron chi connectivity index (χ3n) is 4.99. The predicted octanol–water partition coefficient (Wildman–Crippen LogP) is 0.417. The number of alkyl halides is 1. The summed E-state index contributed by atoms with van der Waals surface area (Å²) in [7, 11) is -2.64. The monoisotopic (exact) mass is 474 g/mol. The van der Waals surface area contributed by atoms with Crippen LogP contribution in [0.25, 0.3) is 5.52 Å². The fourth-order valence-electron chi connectivity index (χ4n) is 3.31. The van der Waals surface area contributed by atoms with Crippen LogP contribution in [0.2, 0.25) is 0 Å². The molecule has 0 bridgehead atoms. The molecule has 3 rings (SSSR count). The highest BCUT2D eigenvalue weighted by atomic mass is 31.1. The molecular formula is C18H26FN5O7P+. The lowest BCUT2D eigenvalue weighted by Gasteiger charge is -2.26. The number of carbonyl (C=O) groups excluding carboxylic acids is 1. The summed E-state index contributed by atoms with van der Waals surface area (Å²) in [4.78, 5) is 15.7. The minimum Gasteiger partial charge on any atom is -0.462 e. The summed E-state index contributed by atoms with van der Waals surface area (Å²) in [6.45, 7) is 2.86. The number of aliphatic hydroxyl groups is 2. The van der Waals surface area contributed by atoms with Crippen LogP contribution < -0.4 is 10.8 Å². The molecule has 1 aliphatic heterocycles. The Kier molecular flexibility index (Phi) is 7.38. The molecule has 14 heteroatoms. The summed E-state index contributed by atoms with van der Waals surface area (Å²) in [5.74, 6) is -0.450. The van der Waals surface area contributed by atoms with Crippen LogP contribution in [0.4, 0.5) is 10.2 Å².